The zero-order chi connectivity index (χ0) is 10.9. The summed E-state index contributed by atoms with van der Waals surface area (Å²) in [4.78, 5) is 0. The van der Waals surface area contributed by atoms with Crippen molar-refractivity contribution in [3.8, 4) is 0 Å². The summed E-state index contributed by atoms with van der Waals surface area (Å²) in [7, 11) is 0. The Balaban J connectivity index is 1.90. The van der Waals surface area contributed by atoms with Crippen molar-refractivity contribution in [1.29, 1.82) is 0 Å². The second-order valence-corrected chi connectivity index (χ2v) is 4.59. The third kappa shape index (κ3) is 6.16. The van der Waals surface area contributed by atoms with Crippen molar-refractivity contribution in [3.05, 3.63) is 0 Å². The molecule has 1 aliphatic heterocycles. The summed E-state index contributed by atoms with van der Waals surface area (Å²) in [5, 5.41) is 0. The van der Waals surface area contributed by atoms with Crippen molar-refractivity contribution in [2.24, 2.45) is 0 Å². The highest BCUT2D eigenvalue weighted by atomic mass is 16.7. The Bertz CT molecular complexity index is 147. The molecule has 1 aliphatic rings. The molecule has 0 aromatic heterocycles. The second-order valence-electron chi connectivity index (χ2n) is 4.59. The first-order chi connectivity index (χ1) is 7.33. The Morgan fingerprint density at radius 3 is 2.53 bits per heavy atom. The summed E-state index contributed by atoms with van der Waals surface area (Å²) < 4.78 is 11.2. The van der Waals surface area contributed by atoms with Crippen molar-refractivity contribution in [2.75, 3.05) is 6.61 Å². The molecule has 90 valence electrons. The number of rotatable bonds is 7. The Morgan fingerprint density at radius 1 is 1.07 bits per heavy atom. The van der Waals surface area contributed by atoms with Crippen LogP contribution in [0.1, 0.15) is 65.2 Å². The molecule has 2 heteroatoms. The molecule has 2 nitrogen and oxygen atoms in total. The minimum Gasteiger partial charge on any atom is -0.353 e. The van der Waals surface area contributed by atoms with E-state index in [-0.39, 0.29) is 6.29 Å². The van der Waals surface area contributed by atoms with Gasteiger partial charge in [-0.15, -0.1) is 0 Å². The van der Waals surface area contributed by atoms with E-state index < -0.39 is 0 Å². The van der Waals surface area contributed by atoms with Gasteiger partial charge in [0.05, 0.1) is 12.7 Å². The van der Waals surface area contributed by atoms with E-state index in [0.29, 0.717) is 6.10 Å². The summed E-state index contributed by atoms with van der Waals surface area (Å²) in [6, 6.07) is 0. The van der Waals surface area contributed by atoms with Gasteiger partial charge >= 0.3 is 0 Å². The maximum Gasteiger partial charge on any atom is 0.157 e. The zero-order valence-corrected chi connectivity index (χ0v) is 10.3. The highest BCUT2D eigenvalue weighted by molar-refractivity contribution is 4.59. The molecule has 0 aromatic rings. The third-order valence-electron chi connectivity index (χ3n) is 3.01. The molecule has 0 amide bonds. The lowest BCUT2D eigenvalue weighted by Crippen LogP contribution is -2.30. The molecule has 0 saturated carbocycles. The molecular weight excluding hydrogens is 188 g/mol. The fourth-order valence-corrected chi connectivity index (χ4v) is 1.97. The van der Waals surface area contributed by atoms with Gasteiger partial charge in [0.2, 0.25) is 0 Å². The fraction of sp³-hybridized carbons (Fsp3) is 1.00. The normalized spacial score (nSPS) is 26.8. The summed E-state index contributed by atoms with van der Waals surface area (Å²) in [5.41, 5.74) is 0. The van der Waals surface area contributed by atoms with Crippen LogP contribution in [0.3, 0.4) is 0 Å². The van der Waals surface area contributed by atoms with Gasteiger partial charge in [-0.1, -0.05) is 39.0 Å². The molecule has 1 fully saturated rings. The van der Waals surface area contributed by atoms with Crippen LogP contribution in [0, 0.1) is 0 Å². The first-order valence-corrected chi connectivity index (χ1v) is 6.60. The van der Waals surface area contributed by atoms with E-state index in [1.54, 1.807) is 0 Å². The van der Waals surface area contributed by atoms with E-state index in [1.807, 2.05) is 0 Å². The van der Waals surface area contributed by atoms with Crippen LogP contribution in [0.2, 0.25) is 0 Å². The molecule has 15 heavy (non-hydrogen) atoms. The topological polar surface area (TPSA) is 18.5 Å². The SMILES string of the molecule is CCCCCCCCC1OCCC(C)O1. The van der Waals surface area contributed by atoms with Gasteiger partial charge < -0.3 is 9.47 Å². The van der Waals surface area contributed by atoms with Crippen LogP contribution in [-0.2, 0) is 9.47 Å². The zero-order valence-electron chi connectivity index (χ0n) is 10.3. The molecule has 2 unspecified atom stereocenters. The number of hydrogen-bond donors (Lipinski definition) is 0. The summed E-state index contributed by atoms with van der Waals surface area (Å²) >= 11 is 0. The molecule has 0 N–H and O–H groups in total. The Morgan fingerprint density at radius 2 is 1.80 bits per heavy atom. The molecular formula is C13H26O2. The smallest absolute Gasteiger partial charge is 0.157 e. The molecule has 0 aromatic carbocycles. The van der Waals surface area contributed by atoms with Crippen molar-refractivity contribution >= 4 is 0 Å². The van der Waals surface area contributed by atoms with Crippen LogP contribution in [0.15, 0.2) is 0 Å². The molecule has 1 rings (SSSR count). The van der Waals surface area contributed by atoms with Crippen LogP contribution in [-0.4, -0.2) is 19.0 Å². The quantitative estimate of drug-likeness (QED) is 0.599. The van der Waals surface area contributed by atoms with E-state index in [9.17, 15) is 0 Å². The summed E-state index contributed by atoms with van der Waals surface area (Å²) in [6.07, 6.45) is 10.7. The molecule has 2 atom stereocenters. The molecule has 0 spiro atoms. The highest BCUT2D eigenvalue weighted by Crippen LogP contribution is 2.17. The molecule has 0 radical (unpaired) electrons. The van der Waals surface area contributed by atoms with Crippen molar-refractivity contribution < 1.29 is 9.47 Å². The first-order valence-electron chi connectivity index (χ1n) is 6.60. The average Bonchev–Trinajstić information content (AvgIpc) is 2.23. The van der Waals surface area contributed by atoms with E-state index in [4.69, 9.17) is 9.47 Å². The highest BCUT2D eigenvalue weighted by Gasteiger charge is 2.18. The maximum absolute atomic E-state index is 5.69. The van der Waals surface area contributed by atoms with Gasteiger partial charge in [0.15, 0.2) is 6.29 Å². The van der Waals surface area contributed by atoms with Crippen LogP contribution in [0.25, 0.3) is 0 Å². The Labute approximate surface area is 94.3 Å². The Kier molecular flexibility index (Phi) is 7.03. The van der Waals surface area contributed by atoms with Crippen molar-refractivity contribution in [3.63, 3.8) is 0 Å². The van der Waals surface area contributed by atoms with Gasteiger partial charge in [0, 0.05) is 0 Å². The van der Waals surface area contributed by atoms with Crippen LogP contribution in [0.4, 0.5) is 0 Å². The van der Waals surface area contributed by atoms with Gasteiger partial charge in [-0.05, 0) is 26.2 Å². The van der Waals surface area contributed by atoms with E-state index in [1.165, 1.54) is 38.5 Å². The summed E-state index contributed by atoms with van der Waals surface area (Å²) in [5.74, 6) is 0. The number of ether oxygens (including phenoxy) is 2. The third-order valence-corrected chi connectivity index (χ3v) is 3.01. The predicted molar refractivity (Wildman–Crippen MR) is 62.9 cm³/mol. The van der Waals surface area contributed by atoms with E-state index in [0.717, 1.165) is 19.4 Å². The van der Waals surface area contributed by atoms with Gasteiger partial charge in [0.25, 0.3) is 0 Å². The first kappa shape index (κ1) is 13.0. The summed E-state index contributed by atoms with van der Waals surface area (Å²) in [6.45, 7) is 5.27. The largest absolute Gasteiger partial charge is 0.353 e. The fourth-order valence-electron chi connectivity index (χ4n) is 1.97. The van der Waals surface area contributed by atoms with Crippen LogP contribution >= 0.6 is 0 Å². The molecule has 0 bridgehead atoms. The standard InChI is InChI=1S/C13H26O2/c1-3-4-5-6-7-8-9-13-14-11-10-12(2)15-13/h12-13H,3-11H2,1-2H3. The van der Waals surface area contributed by atoms with E-state index in [2.05, 4.69) is 13.8 Å². The Hall–Kier alpha value is -0.0800. The van der Waals surface area contributed by atoms with Gasteiger partial charge in [0.1, 0.15) is 0 Å². The lowest BCUT2D eigenvalue weighted by atomic mass is 10.1. The van der Waals surface area contributed by atoms with E-state index >= 15 is 0 Å². The lowest BCUT2D eigenvalue weighted by molar-refractivity contribution is -0.210. The van der Waals surface area contributed by atoms with Crippen LogP contribution < -0.4 is 0 Å². The number of hydrogen-bond acceptors (Lipinski definition) is 2. The molecule has 1 saturated heterocycles. The molecule has 0 aliphatic carbocycles. The lowest BCUT2D eigenvalue weighted by Gasteiger charge is -2.28. The second kappa shape index (κ2) is 8.12. The van der Waals surface area contributed by atoms with Gasteiger partial charge in [-0.2, -0.15) is 0 Å². The minimum absolute atomic E-state index is 0.0833. The minimum atomic E-state index is 0.0833. The molecule has 1 heterocycles. The average molecular weight is 214 g/mol. The maximum atomic E-state index is 5.69. The van der Waals surface area contributed by atoms with Gasteiger partial charge in [-0.25, -0.2) is 0 Å². The van der Waals surface area contributed by atoms with Crippen LogP contribution in [0.5, 0.6) is 0 Å². The monoisotopic (exact) mass is 214 g/mol. The van der Waals surface area contributed by atoms with Crippen molar-refractivity contribution in [1.82, 2.24) is 0 Å². The van der Waals surface area contributed by atoms with Crippen molar-refractivity contribution in [2.45, 2.75) is 77.6 Å². The number of unbranched alkanes of at least 4 members (excludes halogenated alkanes) is 5. The predicted octanol–water partition coefficient (Wildman–Crippen LogP) is 3.89. The van der Waals surface area contributed by atoms with Gasteiger partial charge in [-0.3, -0.25) is 0 Å².